The molecule has 0 unspecified atom stereocenters. The minimum atomic E-state index is -0.890. The van der Waals surface area contributed by atoms with Crippen LogP contribution in [-0.4, -0.2) is 29.2 Å². The van der Waals surface area contributed by atoms with E-state index in [1.54, 1.807) is 24.3 Å². The Hall–Kier alpha value is -3.32. The Kier molecular flexibility index (Phi) is 6.74. The molecule has 30 heavy (non-hydrogen) atoms. The van der Waals surface area contributed by atoms with Crippen LogP contribution in [0.5, 0.6) is 5.75 Å². The molecule has 1 N–H and O–H groups in total. The van der Waals surface area contributed by atoms with Gasteiger partial charge in [-0.3, -0.25) is 9.59 Å². The standard InChI is InChI=1S/C23H21F2NO4/c1-30-16-8-6-15(7-9-16)13-26-14-17(20(28)5-3-2-4-12-27)23(29)21-18(24)10-11-19(25)22(21)26/h3,5-11,14,27H,2,4,12-13H2,1H3/b5-3+. The summed E-state index contributed by atoms with van der Waals surface area (Å²) >= 11 is 0. The highest BCUT2D eigenvalue weighted by molar-refractivity contribution is 6.06. The second-order valence-electron chi connectivity index (χ2n) is 6.73. The van der Waals surface area contributed by atoms with Gasteiger partial charge in [-0.1, -0.05) is 18.2 Å². The Morgan fingerprint density at radius 1 is 1.13 bits per heavy atom. The molecule has 0 spiro atoms. The maximum absolute atomic E-state index is 14.6. The molecule has 0 atom stereocenters. The highest BCUT2D eigenvalue weighted by Crippen LogP contribution is 2.21. The van der Waals surface area contributed by atoms with Crippen molar-refractivity contribution in [3.63, 3.8) is 0 Å². The molecule has 3 aromatic rings. The lowest BCUT2D eigenvalue weighted by molar-refractivity contribution is 0.104. The first-order valence-electron chi connectivity index (χ1n) is 9.42. The van der Waals surface area contributed by atoms with Crippen LogP contribution in [0.25, 0.3) is 10.9 Å². The summed E-state index contributed by atoms with van der Waals surface area (Å²) in [6, 6.07) is 8.81. The number of aromatic nitrogens is 1. The van der Waals surface area contributed by atoms with Gasteiger partial charge in [-0.25, -0.2) is 8.78 Å². The summed E-state index contributed by atoms with van der Waals surface area (Å²) in [6.45, 7) is 0.101. The lowest BCUT2D eigenvalue weighted by atomic mass is 10.1. The third kappa shape index (κ3) is 4.46. The van der Waals surface area contributed by atoms with Gasteiger partial charge in [0.2, 0.25) is 5.43 Å². The molecule has 0 bridgehead atoms. The van der Waals surface area contributed by atoms with E-state index in [-0.39, 0.29) is 24.2 Å². The quantitative estimate of drug-likeness (QED) is 0.346. The molecule has 0 aliphatic rings. The number of allylic oxidation sites excluding steroid dienone is 2. The Labute approximate surface area is 171 Å². The number of benzene rings is 2. The third-order valence-electron chi connectivity index (χ3n) is 4.70. The Morgan fingerprint density at radius 3 is 2.50 bits per heavy atom. The lowest BCUT2D eigenvalue weighted by Crippen LogP contribution is -2.20. The topological polar surface area (TPSA) is 68.5 Å². The molecule has 0 saturated carbocycles. The predicted molar refractivity (Wildman–Crippen MR) is 110 cm³/mol. The van der Waals surface area contributed by atoms with Crippen LogP contribution >= 0.6 is 0 Å². The first-order valence-corrected chi connectivity index (χ1v) is 9.42. The smallest absolute Gasteiger partial charge is 0.203 e. The molecule has 3 rings (SSSR count). The van der Waals surface area contributed by atoms with Crippen molar-refractivity contribution in [1.29, 1.82) is 0 Å². The molecule has 0 saturated heterocycles. The van der Waals surface area contributed by atoms with Crippen LogP contribution < -0.4 is 10.2 Å². The van der Waals surface area contributed by atoms with E-state index in [1.165, 1.54) is 30.0 Å². The van der Waals surface area contributed by atoms with E-state index < -0.39 is 28.2 Å². The maximum atomic E-state index is 14.6. The van der Waals surface area contributed by atoms with Gasteiger partial charge in [0.1, 0.15) is 17.4 Å². The monoisotopic (exact) mass is 413 g/mol. The molecular weight excluding hydrogens is 392 g/mol. The number of rotatable bonds is 8. The summed E-state index contributed by atoms with van der Waals surface area (Å²) in [7, 11) is 1.54. The van der Waals surface area contributed by atoms with Crippen LogP contribution in [0.15, 0.2) is 59.5 Å². The SMILES string of the molecule is COc1ccc(Cn2cc(C(=O)/C=C/CCCO)c(=O)c3c(F)ccc(F)c32)cc1. The van der Waals surface area contributed by atoms with Crippen molar-refractivity contribution in [3.05, 3.63) is 87.7 Å². The van der Waals surface area contributed by atoms with Crippen molar-refractivity contribution < 1.29 is 23.4 Å². The summed E-state index contributed by atoms with van der Waals surface area (Å²) in [5.74, 6) is -1.61. The fraction of sp³-hybridized carbons (Fsp3) is 0.217. The molecule has 2 aromatic carbocycles. The van der Waals surface area contributed by atoms with Gasteiger partial charge in [0, 0.05) is 19.3 Å². The van der Waals surface area contributed by atoms with Gasteiger partial charge >= 0.3 is 0 Å². The second-order valence-corrected chi connectivity index (χ2v) is 6.73. The van der Waals surface area contributed by atoms with Crippen LogP contribution in [0.3, 0.4) is 0 Å². The number of methoxy groups -OCH3 is 1. The van der Waals surface area contributed by atoms with Crippen LogP contribution in [-0.2, 0) is 6.54 Å². The van der Waals surface area contributed by atoms with E-state index in [0.717, 1.165) is 17.7 Å². The number of aliphatic hydroxyl groups is 1. The average Bonchev–Trinajstić information content (AvgIpc) is 2.75. The van der Waals surface area contributed by atoms with E-state index in [2.05, 4.69) is 0 Å². The highest BCUT2D eigenvalue weighted by atomic mass is 19.1. The number of ketones is 1. The number of carbonyl (C=O) groups excluding carboxylic acids is 1. The first kappa shape index (κ1) is 21.4. The molecule has 0 aliphatic heterocycles. The maximum Gasteiger partial charge on any atom is 0.203 e. The number of halogens is 2. The van der Waals surface area contributed by atoms with Crippen molar-refractivity contribution in [2.24, 2.45) is 0 Å². The number of ether oxygens (including phenoxy) is 1. The van der Waals surface area contributed by atoms with E-state index in [0.29, 0.717) is 18.6 Å². The van der Waals surface area contributed by atoms with Crippen molar-refractivity contribution in [3.8, 4) is 5.75 Å². The minimum absolute atomic E-state index is 0.0202. The fourth-order valence-electron chi connectivity index (χ4n) is 3.17. The average molecular weight is 413 g/mol. The zero-order valence-corrected chi connectivity index (χ0v) is 16.4. The summed E-state index contributed by atoms with van der Waals surface area (Å²) in [5, 5.41) is 8.36. The molecule has 7 heteroatoms. The zero-order chi connectivity index (χ0) is 21.7. The number of carbonyl (C=O) groups is 1. The van der Waals surface area contributed by atoms with Gasteiger partial charge in [0.15, 0.2) is 5.78 Å². The van der Waals surface area contributed by atoms with Gasteiger partial charge in [0.05, 0.1) is 23.6 Å². The lowest BCUT2D eigenvalue weighted by Gasteiger charge is -2.14. The summed E-state index contributed by atoms with van der Waals surface area (Å²) in [6.07, 6.45) is 4.95. The Morgan fingerprint density at radius 2 is 1.83 bits per heavy atom. The van der Waals surface area contributed by atoms with Gasteiger partial charge in [0.25, 0.3) is 0 Å². The number of hydrogen-bond acceptors (Lipinski definition) is 4. The number of nitrogens with zero attached hydrogens (tertiary/aromatic N) is 1. The van der Waals surface area contributed by atoms with Crippen LogP contribution in [0.1, 0.15) is 28.8 Å². The molecule has 0 fully saturated rings. The minimum Gasteiger partial charge on any atom is -0.497 e. The Balaban J connectivity index is 2.13. The van der Waals surface area contributed by atoms with Gasteiger partial charge in [-0.2, -0.15) is 0 Å². The van der Waals surface area contributed by atoms with Gasteiger partial charge in [-0.05, 0) is 48.7 Å². The molecule has 0 radical (unpaired) electrons. The van der Waals surface area contributed by atoms with Crippen molar-refractivity contribution in [2.45, 2.75) is 19.4 Å². The number of hydrogen-bond donors (Lipinski definition) is 1. The van der Waals surface area contributed by atoms with E-state index in [1.807, 2.05) is 0 Å². The van der Waals surface area contributed by atoms with Crippen LogP contribution in [0, 0.1) is 11.6 Å². The van der Waals surface area contributed by atoms with Crippen molar-refractivity contribution in [1.82, 2.24) is 4.57 Å². The number of pyridine rings is 1. The normalized spacial score (nSPS) is 11.3. The first-order chi connectivity index (χ1) is 14.5. The molecule has 156 valence electrons. The van der Waals surface area contributed by atoms with Crippen LogP contribution in [0.4, 0.5) is 8.78 Å². The molecule has 5 nitrogen and oxygen atoms in total. The number of aliphatic hydroxyl groups excluding tert-OH is 1. The summed E-state index contributed by atoms with van der Waals surface area (Å²) < 4.78 is 35.6. The molecule has 1 heterocycles. The van der Waals surface area contributed by atoms with Crippen molar-refractivity contribution >= 4 is 16.7 Å². The van der Waals surface area contributed by atoms with E-state index >= 15 is 0 Å². The number of fused-ring (bicyclic) bond motifs is 1. The fourth-order valence-corrected chi connectivity index (χ4v) is 3.17. The number of unbranched alkanes of at least 4 members (excludes halogenated alkanes) is 1. The molecular formula is C23H21F2NO4. The Bertz CT molecular complexity index is 1150. The molecule has 1 aromatic heterocycles. The predicted octanol–water partition coefficient (Wildman–Crippen LogP) is 3.85. The van der Waals surface area contributed by atoms with E-state index in [9.17, 15) is 18.4 Å². The molecule has 0 amide bonds. The van der Waals surface area contributed by atoms with E-state index in [4.69, 9.17) is 9.84 Å². The van der Waals surface area contributed by atoms with Crippen LogP contribution in [0.2, 0.25) is 0 Å². The third-order valence-corrected chi connectivity index (χ3v) is 4.70. The summed E-state index contributed by atoms with van der Waals surface area (Å²) in [5.41, 5.74) is -0.552. The van der Waals surface area contributed by atoms with Gasteiger partial charge < -0.3 is 14.4 Å². The van der Waals surface area contributed by atoms with Gasteiger partial charge in [-0.15, -0.1) is 0 Å². The van der Waals surface area contributed by atoms with Crippen molar-refractivity contribution in [2.75, 3.05) is 13.7 Å². The zero-order valence-electron chi connectivity index (χ0n) is 16.4. The summed E-state index contributed by atoms with van der Waals surface area (Å²) in [4.78, 5) is 25.4. The second kappa shape index (κ2) is 9.45. The largest absolute Gasteiger partial charge is 0.497 e. The highest BCUT2D eigenvalue weighted by Gasteiger charge is 2.19. The molecule has 0 aliphatic carbocycles.